The minimum Gasteiger partial charge on any atom is -0.481 e. The molecule has 0 radical (unpaired) electrons. The van der Waals surface area contributed by atoms with Crippen LogP contribution in [0.5, 0.6) is 5.75 Å². The van der Waals surface area contributed by atoms with Crippen LogP contribution in [-0.2, 0) is 14.3 Å². The van der Waals surface area contributed by atoms with Gasteiger partial charge >= 0.3 is 5.97 Å². The SMILES string of the molecule is CCOC(=O)CCNC(=O)C(C)Oc1ccc(Cl)cc1. The van der Waals surface area contributed by atoms with Gasteiger partial charge in [-0.3, -0.25) is 9.59 Å². The van der Waals surface area contributed by atoms with Crippen LogP contribution in [0.2, 0.25) is 5.02 Å². The van der Waals surface area contributed by atoms with Gasteiger partial charge in [-0.05, 0) is 38.1 Å². The molecular weight excluding hydrogens is 282 g/mol. The Kier molecular flexibility index (Phi) is 6.87. The number of carbonyl (C=O) groups excluding carboxylic acids is 2. The number of hydrogen-bond acceptors (Lipinski definition) is 4. The van der Waals surface area contributed by atoms with Crippen molar-refractivity contribution in [3.63, 3.8) is 0 Å². The van der Waals surface area contributed by atoms with Gasteiger partial charge in [0.25, 0.3) is 5.91 Å². The third-order valence-corrected chi connectivity index (χ3v) is 2.68. The molecule has 0 aliphatic carbocycles. The second-order valence-corrected chi connectivity index (χ2v) is 4.50. The van der Waals surface area contributed by atoms with Crippen LogP contribution in [0.15, 0.2) is 24.3 Å². The Hall–Kier alpha value is -1.75. The van der Waals surface area contributed by atoms with E-state index in [1.54, 1.807) is 38.1 Å². The van der Waals surface area contributed by atoms with Crippen LogP contribution in [-0.4, -0.2) is 31.1 Å². The van der Waals surface area contributed by atoms with E-state index in [1.807, 2.05) is 0 Å². The minimum absolute atomic E-state index is 0.146. The van der Waals surface area contributed by atoms with Crippen molar-refractivity contribution in [2.24, 2.45) is 0 Å². The summed E-state index contributed by atoms with van der Waals surface area (Å²) in [5.41, 5.74) is 0. The molecule has 5 nitrogen and oxygen atoms in total. The number of esters is 1. The van der Waals surface area contributed by atoms with Crippen LogP contribution in [0.1, 0.15) is 20.3 Å². The van der Waals surface area contributed by atoms with Crippen LogP contribution in [0.3, 0.4) is 0 Å². The molecule has 1 unspecified atom stereocenters. The van der Waals surface area contributed by atoms with Crippen LogP contribution >= 0.6 is 11.6 Å². The summed E-state index contributed by atoms with van der Waals surface area (Å²) in [4.78, 5) is 22.8. The van der Waals surface area contributed by atoms with Crippen molar-refractivity contribution in [2.45, 2.75) is 26.4 Å². The Labute approximate surface area is 123 Å². The highest BCUT2D eigenvalue weighted by molar-refractivity contribution is 6.30. The monoisotopic (exact) mass is 299 g/mol. The van der Waals surface area contributed by atoms with Gasteiger partial charge in [0.1, 0.15) is 5.75 Å². The summed E-state index contributed by atoms with van der Waals surface area (Å²) in [6.07, 6.45) is -0.508. The molecule has 0 saturated heterocycles. The van der Waals surface area contributed by atoms with Gasteiger partial charge in [0, 0.05) is 11.6 Å². The third kappa shape index (κ3) is 5.93. The summed E-state index contributed by atoms with van der Waals surface area (Å²) in [6, 6.07) is 6.74. The lowest BCUT2D eigenvalue weighted by Crippen LogP contribution is -2.37. The molecule has 0 aliphatic heterocycles. The van der Waals surface area contributed by atoms with Crippen LogP contribution < -0.4 is 10.1 Å². The van der Waals surface area contributed by atoms with Crippen molar-refractivity contribution in [1.82, 2.24) is 5.32 Å². The van der Waals surface area contributed by atoms with Crippen molar-refractivity contribution >= 4 is 23.5 Å². The fourth-order valence-corrected chi connectivity index (χ4v) is 1.56. The fraction of sp³-hybridized carbons (Fsp3) is 0.429. The number of amides is 1. The zero-order valence-electron chi connectivity index (χ0n) is 11.5. The van der Waals surface area contributed by atoms with Gasteiger partial charge < -0.3 is 14.8 Å². The fourth-order valence-electron chi connectivity index (χ4n) is 1.44. The molecule has 6 heteroatoms. The summed E-state index contributed by atoms with van der Waals surface area (Å²) in [7, 11) is 0. The second-order valence-electron chi connectivity index (χ2n) is 4.06. The van der Waals surface area contributed by atoms with Gasteiger partial charge in [0.2, 0.25) is 0 Å². The molecule has 1 rings (SSSR count). The maximum absolute atomic E-state index is 11.7. The molecule has 0 bridgehead atoms. The number of nitrogens with one attached hydrogen (secondary N) is 1. The van der Waals surface area contributed by atoms with Crippen LogP contribution in [0, 0.1) is 0 Å². The molecule has 0 aliphatic rings. The predicted octanol–water partition coefficient (Wildman–Crippen LogP) is 2.18. The van der Waals surface area contributed by atoms with E-state index in [4.69, 9.17) is 21.1 Å². The molecule has 0 fully saturated rings. The molecule has 0 spiro atoms. The summed E-state index contributed by atoms with van der Waals surface area (Å²) in [5.74, 6) is -0.0641. The third-order valence-electron chi connectivity index (χ3n) is 2.43. The maximum Gasteiger partial charge on any atom is 0.307 e. The standard InChI is InChI=1S/C14H18ClNO4/c1-3-19-13(17)8-9-16-14(18)10(2)20-12-6-4-11(15)5-7-12/h4-7,10H,3,8-9H2,1-2H3,(H,16,18). The molecule has 20 heavy (non-hydrogen) atoms. The lowest BCUT2D eigenvalue weighted by atomic mass is 10.3. The molecule has 1 N–H and O–H groups in total. The molecule has 1 aromatic rings. The average Bonchev–Trinajstić information content (AvgIpc) is 2.41. The van der Waals surface area contributed by atoms with E-state index >= 15 is 0 Å². The molecule has 1 atom stereocenters. The number of hydrogen-bond donors (Lipinski definition) is 1. The predicted molar refractivity (Wildman–Crippen MR) is 75.8 cm³/mol. The number of benzene rings is 1. The molecule has 0 saturated carbocycles. The van der Waals surface area contributed by atoms with Crippen molar-refractivity contribution < 1.29 is 19.1 Å². The van der Waals surface area contributed by atoms with Gasteiger partial charge in [0.05, 0.1) is 13.0 Å². The smallest absolute Gasteiger partial charge is 0.307 e. The van der Waals surface area contributed by atoms with Crippen molar-refractivity contribution in [1.29, 1.82) is 0 Å². The van der Waals surface area contributed by atoms with E-state index in [1.165, 1.54) is 0 Å². The number of rotatable bonds is 7. The Morgan fingerprint density at radius 2 is 1.95 bits per heavy atom. The normalized spacial score (nSPS) is 11.6. The first-order valence-electron chi connectivity index (χ1n) is 6.38. The second kappa shape index (κ2) is 8.43. The van der Waals surface area contributed by atoms with Crippen molar-refractivity contribution in [2.75, 3.05) is 13.2 Å². The first kappa shape index (κ1) is 16.3. The zero-order chi connectivity index (χ0) is 15.0. The molecular formula is C14H18ClNO4. The van der Waals surface area contributed by atoms with Gasteiger partial charge in [-0.15, -0.1) is 0 Å². The largest absolute Gasteiger partial charge is 0.481 e. The highest BCUT2D eigenvalue weighted by Crippen LogP contribution is 2.16. The summed E-state index contributed by atoms with van der Waals surface area (Å²) < 4.78 is 10.2. The lowest BCUT2D eigenvalue weighted by molar-refractivity contribution is -0.143. The van der Waals surface area contributed by atoms with E-state index in [-0.39, 0.29) is 24.8 Å². The highest BCUT2D eigenvalue weighted by Gasteiger charge is 2.14. The minimum atomic E-state index is -0.654. The van der Waals surface area contributed by atoms with Gasteiger partial charge in [0.15, 0.2) is 6.10 Å². The van der Waals surface area contributed by atoms with Crippen molar-refractivity contribution in [3.8, 4) is 5.75 Å². The van der Waals surface area contributed by atoms with Gasteiger partial charge in [-0.1, -0.05) is 11.6 Å². The van der Waals surface area contributed by atoms with Crippen LogP contribution in [0.4, 0.5) is 0 Å². The first-order valence-corrected chi connectivity index (χ1v) is 6.76. The Morgan fingerprint density at radius 1 is 1.30 bits per heavy atom. The van der Waals surface area contributed by atoms with Crippen LogP contribution in [0.25, 0.3) is 0 Å². The van der Waals surface area contributed by atoms with Gasteiger partial charge in [-0.2, -0.15) is 0 Å². The molecule has 1 amide bonds. The topological polar surface area (TPSA) is 64.6 Å². The Balaban J connectivity index is 2.32. The van der Waals surface area contributed by atoms with E-state index in [9.17, 15) is 9.59 Å². The average molecular weight is 300 g/mol. The number of halogens is 1. The van der Waals surface area contributed by atoms with E-state index < -0.39 is 6.10 Å². The summed E-state index contributed by atoms with van der Waals surface area (Å²) >= 11 is 5.76. The summed E-state index contributed by atoms with van der Waals surface area (Å²) in [6.45, 7) is 3.93. The summed E-state index contributed by atoms with van der Waals surface area (Å²) in [5, 5.41) is 3.21. The highest BCUT2D eigenvalue weighted by atomic mass is 35.5. The van der Waals surface area contributed by atoms with Gasteiger partial charge in [-0.25, -0.2) is 0 Å². The molecule has 0 aromatic heterocycles. The Bertz CT molecular complexity index is 447. The van der Waals surface area contributed by atoms with E-state index in [0.29, 0.717) is 17.4 Å². The number of ether oxygens (including phenoxy) is 2. The molecule has 1 aromatic carbocycles. The van der Waals surface area contributed by atoms with E-state index in [0.717, 1.165) is 0 Å². The van der Waals surface area contributed by atoms with Crippen molar-refractivity contribution in [3.05, 3.63) is 29.3 Å². The maximum atomic E-state index is 11.7. The lowest BCUT2D eigenvalue weighted by Gasteiger charge is -2.14. The molecule has 110 valence electrons. The Morgan fingerprint density at radius 3 is 2.55 bits per heavy atom. The number of carbonyl (C=O) groups is 2. The zero-order valence-corrected chi connectivity index (χ0v) is 12.3. The quantitative estimate of drug-likeness (QED) is 0.784. The first-order chi connectivity index (χ1) is 9.52. The molecule has 0 heterocycles. The van der Waals surface area contributed by atoms with E-state index in [2.05, 4.69) is 5.32 Å².